The minimum absolute atomic E-state index is 0.507. The Bertz CT molecular complexity index is 480. The number of fused-ring (bicyclic) bond motifs is 1. The highest BCUT2D eigenvalue weighted by molar-refractivity contribution is 6.45. The lowest BCUT2D eigenvalue weighted by Gasteiger charge is -2.03. The Kier molecular flexibility index (Phi) is 2.62. The summed E-state index contributed by atoms with van der Waals surface area (Å²) in [4.78, 5) is 4.20. The summed E-state index contributed by atoms with van der Waals surface area (Å²) in [6, 6.07) is 6.06. The maximum atomic E-state index is 6.08. The fourth-order valence-electron chi connectivity index (χ4n) is 1.40. The summed E-state index contributed by atoms with van der Waals surface area (Å²) in [7, 11) is 0. The van der Waals surface area contributed by atoms with Crippen LogP contribution in [0.3, 0.4) is 0 Å². The second-order valence-corrected chi connectivity index (χ2v) is 3.91. The molecule has 2 rings (SSSR count). The smallest absolute Gasteiger partial charge is 0.0782 e. The summed E-state index contributed by atoms with van der Waals surface area (Å²) < 4.78 is 0. The molecule has 0 spiro atoms. The van der Waals surface area contributed by atoms with Gasteiger partial charge in [0.15, 0.2) is 0 Å². The molecule has 0 N–H and O–H groups in total. The monoisotopic (exact) mass is 225 g/mol. The molecular weight excluding hydrogens is 217 g/mol. The zero-order chi connectivity index (χ0) is 10.1. The molecule has 0 saturated carbocycles. The standard InChI is InChI=1S/C11H9Cl2N/c1-2-7-3-4-10-8(5-7)11(13)9(12)6-14-10/h3-6H,2H2,1H3. The maximum Gasteiger partial charge on any atom is 0.0782 e. The first-order chi connectivity index (χ1) is 6.72. The van der Waals surface area contributed by atoms with E-state index in [-0.39, 0.29) is 0 Å². The summed E-state index contributed by atoms with van der Waals surface area (Å²) >= 11 is 12.0. The van der Waals surface area contributed by atoms with E-state index in [2.05, 4.69) is 18.0 Å². The van der Waals surface area contributed by atoms with Crippen LogP contribution in [0.2, 0.25) is 10.0 Å². The van der Waals surface area contributed by atoms with Gasteiger partial charge in [-0.05, 0) is 24.1 Å². The number of aryl methyl sites for hydroxylation is 1. The quantitative estimate of drug-likeness (QED) is 0.713. The molecular formula is C11H9Cl2N. The van der Waals surface area contributed by atoms with Gasteiger partial charge in [0.25, 0.3) is 0 Å². The third-order valence-corrected chi connectivity index (χ3v) is 3.02. The van der Waals surface area contributed by atoms with E-state index in [0.717, 1.165) is 17.3 Å². The molecule has 0 unspecified atom stereocenters. The van der Waals surface area contributed by atoms with Crippen molar-refractivity contribution in [2.75, 3.05) is 0 Å². The topological polar surface area (TPSA) is 12.9 Å². The summed E-state index contributed by atoms with van der Waals surface area (Å²) in [6.07, 6.45) is 2.57. The third kappa shape index (κ3) is 1.58. The Morgan fingerprint density at radius 1 is 1.29 bits per heavy atom. The van der Waals surface area contributed by atoms with Gasteiger partial charge in [-0.2, -0.15) is 0 Å². The van der Waals surface area contributed by atoms with Gasteiger partial charge in [-0.25, -0.2) is 0 Å². The van der Waals surface area contributed by atoms with Crippen LogP contribution < -0.4 is 0 Å². The van der Waals surface area contributed by atoms with E-state index in [1.807, 2.05) is 12.1 Å². The Morgan fingerprint density at radius 3 is 2.79 bits per heavy atom. The summed E-state index contributed by atoms with van der Waals surface area (Å²) in [5, 5.41) is 2.03. The average molecular weight is 226 g/mol. The van der Waals surface area contributed by atoms with Crippen LogP contribution in [-0.4, -0.2) is 4.98 Å². The Labute approximate surface area is 92.7 Å². The highest BCUT2D eigenvalue weighted by Crippen LogP contribution is 2.29. The van der Waals surface area contributed by atoms with E-state index in [4.69, 9.17) is 23.2 Å². The molecule has 1 nitrogen and oxygen atoms in total. The predicted octanol–water partition coefficient (Wildman–Crippen LogP) is 4.10. The van der Waals surface area contributed by atoms with Gasteiger partial charge in [-0.3, -0.25) is 4.98 Å². The molecule has 0 aliphatic carbocycles. The minimum Gasteiger partial charge on any atom is -0.255 e. The molecule has 72 valence electrons. The molecule has 0 amide bonds. The molecule has 0 atom stereocenters. The number of hydrogen-bond acceptors (Lipinski definition) is 1. The molecule has 1 aromatic carbocycles. The fourth-order valence-corrected chi connectivity index (χ4v) is 1.75. The normalized spacial score (nSPS) is 10.8. The average Bonchev–Trinajstić information content (AvgIpc) is 2.23. The van der Waals surface area contributed by atoms with Gasteiger partial charge in [0.05, 0.1) is 15.6 Å². The molecule has 1 heterocycles. The van der Waals surface area contributed by atoms with Gasteiger partial charge in [0.2, 0.25) is 0 Å². The Balaban J connectivity index is 2.78. The number of pyridine rings is 1. The molecule has 0 fully saturated rings. The largest absolute Gasteiger partial charge is 0.255 e. The van der Waals surface area contributed by atoms with Gasteiger partial charge in [-0.1, -0.05) is 36.2 Å². The first-order valence-corrected chi connectivity index (χ1v) is 5.20. The van der Waals surface area contributed by atoms with Crippen molar-refractivity contribution < 1.29 is 0 Å². The third-order valence-electron chi connectivity index (χ3n) is 2.23. The SMILES string of the molecule is CCc1ccc2ncc(Cl)c(Cl)c2c1. The molecule has 0 aliphatic rings. The van der Waals surface area contributed by atoms with Crippen LogP contribution in [-0.2, 0) is 6.42 Å². The second-order valence-electron chi connectivity index (χ2n) is 3.13. The minimum atomic E-state index is 0.507. The lowest BCUT2D eigenvalue weighted by atomic mass is 10.1. The zero-order valence-corrected chi connectivity index (χ0v) is 9.23. The number of aromatic nitrogens is 1. The van der Waals surface area contributed by atoms with Crippen LogP contribution in [0, 0.1) is 0 Å². The number of hydrogen-bond donors (Lipinski definition) is 0. The van der Waals surface area contributed by atoms with E-state index in [1.54, 1.807) is 6.20 Å². The van der Waals surface area contributed by atoms with E-state index in [0.29, 0.717) is 10.0 Å². The van der Waals surface area contributed by atoms with Crippen molar-refractivity contribution in [2.24, 2.45) is 0 Å². The summed E-state index contributed by atoms with van der Waals surface area (Å²) in [6.45, 7) is 2.10. The number of halogens is 2. The summed E-state index contributed by atoms with van der Waals surface area (Å²) in [5.41, 5.74) is 2.13. The maximum absolute atomic E-state index is 6.08. The van der Waals surface area contributed by atoms with Gasteiger partial charge >= 0.3 is 0 Å². The molecule has 0 saturated heterocycles. The van der Waals surface area contributed by atoms with Crippen LogP contribution >= 0.6 is 23.2 Å². The number of nitrogens with zero attached hydrogens (tertiary/aromatic N) is 1. The molecule has 14 heavy (non-hydrogen) atoms. The molecule has 0 bridgehead atoms. The van der Waals surface area contributed by atoms with E-state index in [1.165, 1.54) is 5.56 Å². The van der Waals surface area contributed by atoms with Crippen molar-refractivity contribution in [3.8, 4) is 0 Å². The summed E-state index contributed by atoms with van der Waals surface area (Å²) in [5.74, 6) is 0. The van der Waals surface area contributed by atoms with Crippen LogP contribution in [0.5, 0.6) is 0 Å². The lowest BCUT2D eigenvalue weighted by molar-refractivity contribution is 1.14. The highest BCUT2D eigenvalue weighted by Gasteiger charge is 2.04. The van der Waals surface area contributed by atoms with Crippen molar-refractivity contribution >= 4 is 34.1 Å². The van der Waals surface area contributed by atoms with Gasteiger partial charge < -0.3 is 0 Å². The van der Waals surface area contributed by atoms with E-state index in [9.17, 15) is 0 Å². The van der Waals surface area contributed by atoms with Crippen molar-refractivity contribution in [3.05, 3.63) is 40.0 Å². The van der Waals surface area contributed by atoms with E-state index < -0.39 is 0 Å². The molecule has 2 aromatic rings. The predicted molar refractivity (Wildman–Crippen MR) is 61.1 cm³/mol. The van der Waals surface area contributed by atoms with Crippen molar-refractivity contribution in [1.29, 1.82) is 0 Å². The number of rotatable bonds is 1. The van der Waals surface area contributed by atoms with Crippen molar-refractivity contribution in [2.45, 2.75) is 13.3 Å². The second kappa shape index (κ2) is 3.76. The van der Waals surface area contributed by atoms with Crippen LogP contribution in [0.25, 0.3) is 10.9 Å². The molecule has 0 aliphatic heterocycles. The molecule has 0 radical (unpaired) electrons. The van der Waals surface area contributed by atoms with Crippen molar-refractivity contribution in [3.63, 3.8) is 0 Å². The fraction of sp³-hybridized carbons (Fsp3) is 0.182. The first kappa shape index (κ1) is 9.75. The number of benzene rings is 1. The van der Waals surface area contributed by atoms with Crippen LogP contribution in [0.4, 0.5) is 0 Å². The highest BCUT2D eigenvalue weighted by atomic mass is 35.5. The Morgan fingerprint density at radius 2 is 2.07 bits per heavy atom. The zero-order valence-electron chi connectivity index (χ0n) is 7.72. The van der Waals surface area contributed by atoms with Crippen LogP contribution in [0.1, 0.15) is 12.5 Å². The first-order valence-electron chi connectivity index (χ1n) is 4.45. The Hall–Kier alpha value is -0.790. The van der Waals surface area contributed by atoms with Crippen molar-refractivity contribution in [1.82, 2.24) is 4.98 Å². The molecule has 3 heteroatoms. The van der Waals surface area contributed by atoms with Crippen LogP contribution in [0.15, 0.2) is 24.4 Å². The van der Waals surface area contributed by atoms with Gasteiger partial charge in [-0.15, -0.1) is 0 Å². The van der Waals surface area contributed by atoms with E-state index >= 15 is 0 Å². The van der Waals surface area contributed by atoms with Gasteiger partial charge in [0, 0.05) is 11.6 Å². The van der Waals surface area contributed by atoms with Gasteiger partial charge in [0.1, 0.15) is 0 Å². The molecule has 1 aromatic heterocycles. The lowest BCUT2D eigenvalue weighted by Crippen LogP contribution is -1.84.